The first-order chi connectivity index (χ1) is 13.3. The van der Waals surface area contributed by atoms with E-state index in [-0.39, 0.29) is 11.5 Å². The summed E-state index contributed by atoms with van der Waals surface area (Å²) in [7, 11) is 0. The van der Waals surface area contributed by atoms with Gasteiger partial charge < -0.3 is 14.4 Å². The maximum atomic E-state index is 12.6. The summed E-state index contributed by atoms with van der Waals surface area (Å²) in [6.45, 7) is 3.58. The number of aromatic nitrogens is 1. The fourth-order valence-corrected chi connectivity index (χ4v) is 4.58. The van der Waals surface area contributed by atoms with Crippen molar-refractivity contribution >= 4 is 5.91 Å². The summed E-state index contributed by atoms with van der Waals surface area (Å²) in [4.78, 5) is 18.8. The number of hydrogen-bond donors (Lipinski definition) is 0. The number of carbonyl (C=O) groups is 1. The van der Waals surface area contributed by atoms with Crippen molar-refractivity contribution in [3.05, 3.63) is 41.7 Å². The van der Waals surface area contributed by atoms with Gasteiger partial charge in [0.2, 0.25) is 5.91 Å². The van der Waals surface area contributed by atoms with E-state index in [0.717, 1.165) is 51.1 Å². The molecule has 0 unspecified atom stereocenters. The van der Waals surface area contributed by atoms with Gasteiger partial charge in [0.1, 0.15) is 5.60 Å². The standard InChI is InChI=1S/C22H30N2O3/c25-21(14-18-6-2-1-3-7-18)24-16-22(17-24)19(10-13-27-22)9-12-26-15-20-8-4-5-11-23-20/h4-6,8,11,19H,1-3,7,9-10,12-17H2/t19-/m1/s1. The third-order valence-corrected chi connectivity index (χ3v) is 6.22. The van der Waals surface area contributed by atoms with E-state index in [9.17, 15) is 4.79 Å². The number of amides is 1. The van der Waals surface area contributed by atoms with Gasteiger partial charge in [-0.05, 0) is 56.6 Å². The molecule has 0 N–H and O–H groups in total. The van der Waals surface area contributed by atoms with Crippen molar-refractivity contribution in [2.75, 3.05) is 26.3 Å². The van der Waals surface area contributed by atoms with Crippen molar-refractivity contribution < 1.29 is 14.3 Å². The Morgan fingerprint density at radius 2 is 2.26 bits per heavy atom. The number of nitrogens with zero attached hydrogens (tertiary/aromatic N) is 2. The first kappa shape index (κ1) is 18.6. The predicted molar refractivity (Wildman–Crippen MR) is 103 cm³/mol. The minimum atomic E-state index is -0.120. The number of hydrogen-bond acceptors (Lipinski definition) is 4. The second-order valence-corrected chi connectivity index (χ2v) is 8.10. The van der Waals surface area contributed by atoms with Crippen LogP contribution in [0.1, 0.15) is 50.6 Å². The number of likely N-dealkylation sites (tertiary alicyclic amines) is 1. The lowest BCUT2D eigenvalue weighted by atomic mass is 9.78. The smallest absolute Gasteiger partial charge is 0.226 e. The normalized spacial score (nSPS) is 23.9. The number of allylic oxidation sites excluding steroid dienone is 1. The Labute approximate surface area is 161 Å². The fourth-order valence-electron chi connectivity index (χ4n) is 4.58. The van der Waals surface area contributed by atoms with Gasteiger partial charge in [0, 0.05) is 25.8 Å². The fraction of sp³-hybridized carbons (Fsp3) is 0.636. The monoisotopic (exact) mass is 370 g/mol. The van der Waals surface area contributed by atoms with E-state index in [4.69, 9.17) is 9.47 Å². The van der Waals surface area contributed by atoms with Crippen LogP contribution in [0, 0.1) is 5.92 Å². The van der Waals surface area contributed by atoms with Crippen molar-refractivity contribution in [1.29, 1.82) is 0 Å². The molecule has 2 fully saturated rings. The quantitative estimate of drug-likeness (QED) is 0.545. The summed E-state index contributed by atoms with van der Waals surface area (Å²) in [5.74, 6) is 0.758. The van der Waals surface area contributed by atoms with Gasteiger partial charge >= 0.3 is 0 Å². The van der Waals surface area contributed by atoms with Crippen molar-refractivity contribution in [2.45, 2.75) is 57.2 Å². The average Bonchev–Trinajstić information content (AvgIpc) is 3.10. The molecule has 1 aliphatic carbocycles. The molecular formula is C22H30N2O3. The third-order valence-electron chi connectivity index (χ3n) is 6.22. The van der Waals surface area contributed by atoms with Crippen LogP contribution in [0.15, 0.2) is 36.0 Å². The Morgan fingerprint density at radius 3 is 3.04 bits per heavy atom. The Kier molecular flexibility index (Phi) is 5.89. The summed E-state index contributed by atoms with van der Waals surface area (Å²) >= 11 is 0. The Balaban J connectivity index is 1.21. The molecule has 5 nitrogen and oxygen atoms in total. The zero-order valence-corrected chi connectivity index (χ0v) is 16.1. The summed E-state index contributed by atoms with van der Waals surface area (Å²) in [6.07, 6.45) is 11.4. The van der Waals surface area contributed by atoms with Crippen LogP contribution in [-0.2, 0) is 20.9 Å². The molecule has 0 bridgehead atoms. The molecule has 0 aromatic carbocycles. The second-order valence-electron chi connectivity index (χ2n) is 8.10. The van der Waals surface area contributed by atoms with Gasteiger partial charge in [0.15, 0.2) is 0 Å². The van der Waals surface area contributed by atoms with E-state index in [1.54, 1.807) is 6.20 Å². The highest BCUT2D eigenvalue weighted by Crippen LogP contribution is 2.42. The number of carbonyl (C=O) groups excluding carboxylic acids is 1. The summed E-state index contributed by atoms with van der Waals surface area (Å²) in [6, 6.07) is 5.88. The van der Waals surface area contributed by atoms with Gasteiger partial charge in [-0.1, -0.05) is 17.7 Å². The van der Waals surface area contributed by atoms with Gasteiger partial charge in [-0.3, -0.25) is 9.78 Å². The van der Waals surface area contributed by atoms with Gasteiger partial charge in [0.05, 0.1) is 25.4 Å². The molecule has 1 atom stereocenters. The molecule has 3 aliphatic rings. The molecule has 1 aromatic heterocycles. The largest absolute Gasteiger partial charge is 0.375 e. The molecule has 5 heteroatoms. The van der Waals surface area contributed by atoms with Crippen molar-refractivity contribution in [1.82, 2.24) is 9.88 Å². The molecule has 2 saturated heterocycles. The van der Waals surface area contributed by atoms with Crippen LogP contribution in [0.25, 0.3) is 0 Å². The Hall–Kier alpha value is -1.72. The maximum absolute atomic E-state index is 12.6. The predicted octanol–water partition coefficient (Wildman–Crippen LogP) is 3.50. The summed E-state index contributed by atoms with van der Waals surface area (Å²) in [5, 5.41) is 0. The van der Waals surface area contributed by atoms with Crippen molar-refractivity contribution in [2.24, 2.45) is 5.92 Å². The lowest BCUT2D eigenvalue weighted by Gasteiger charge is -2.50. The molecule has 3 heterocycles. The van der Waals surface area contributed by atoms with Crippen LogP contribution in [-0.4, -0.2) is 47.7 Å². The van der Waals surface area contributed by atoms with Crippen LogP contribution in [0.4, 0.5) is 0 Å². The molecule has 0 saturated carbocycles. The lowest BCUT2D eigenvalue weighted by molar-refractivity contribution is -0.165. The Morgan fingerprint density at radius 1 is 1.33 bits per heavy atom. The zero-order chi connectivity index (χ0) is 18.5. The first-order valence-electron chi connectivity index (χ1n) is 10.3. The van der Waals surface area contributed by atoms with Gasteiger partial charge in [-0.25, -0.2) is 0 Å². The van der Waals surface area contributed by atoms with E-state index < -0.39 is 0 Å². The SMILES string of the molecule is O=C(CC1=CCCCC1)N1CC2(C1)OCC[C@H]2CCOCc1ccccn1. The minimum absolute atomic E-state index is 0.120. The second kappa shape index (κ2) is 8.53. The topological polar surface area (TPSA) is 51.7 Å². The van der Waals surface area contributed by atoms with E-state index in [1.165, 1.54) is 18.4 Å². The number of ether oxygens (including phenoxy) is 2. The highest BCUT2D eigenvalue weighted by Gasteiger charge is 2.53. The highest BCUT2D eigenvalue weighted by molar-refractivity contribution is 5.80. The van der Waals surface area contributed by atoms with Crippen molar-refractivity contribution in [3.63, 3.8) is 0 Å². The van der Waals surface area contributed by atoms with Gasteiger partial charge in [-0.2, -0.15) is 0 Å². The zero-order valence-electron chi connectivity index (χ0n) is 16.1. The molecule has 2 aliphatic heterocycles. The van der Waals surface area contributed by atoms with E-state index >= 15 is 0 Å². The first-order valence-corrected chi connectivity index (χ1v) is 10.3. The molecule has 1 aromatic rings. The maximum Gasteiger partial charge on any atom is 0.226 e. The molecule has 146 valence electrons. The van der Waals surface area contributed by atoms with Gasteiger partial charge in [0.25, 0.3) is 0 Å². The third kappa shape index (κ3) is 4.41. The molecule has 0 radical (unpaired) electrons. The highest BCUT2D eigenvalue weighted by atomic mass is 16.5. The summed E-state index contributed by atoms with van der Waals surface area (Å²) in [5.41, 5.74) is 2.18. The van der Waals surface area contributed by atoms with Crippen LogP contribution in [0.5, 0.6) is 0 Å². The molecule has 1 amide bonds. The molecule has 1 spiro atoms. The van der Waals surface area contributed by atoms with E-state index in [2.05, 4.69) is 11.1 Å². The van der Waals surface area contributed by atoms with Crippen LogP contribution in [0.2, 0.25) is 0 Å². The van der Waals surface area contributed by atoms with Crippen LogP contribution < -0.4 is 0 Å². The average molecular weight is 370 g/mol. The lowest BCUT2D eigenvalue weighted by Crippen LogP contribution is -2.66. The molecule has 27 heavy (non-hydrogen) atoms. The van der Waals surface area contributed by atoms with Crippen molar-refractivity contribution in [3.8, 4) is 0 Å². The van der Waals surface area contributed by atoms with Crippen LogP contribution >= 0.6 is 0 Å². The number of rotatable bonds is 7. The van der Waals surface area contributed by atoms with E-state index in [1.807, 2.05) is 23.1 Å². The van der Waals surface area contributed by atoms with E-state index in [0.29, 0.717) is 25.6 Å². The molecular weight excluding hydrogens is 340 g/mol. The van der Waals surface area contributed by atoms with Crippen LogP contribution in [0.3, 0.4) is 0 Å². The van der Waals surface area contributed by atoms with Gasteiger partial charge in [-0.15, -0.1) is 0 Å². The number of pyridine rings is 1. The summed E-state index contributed by atoms with van der Waals surface area (Å²) < 4.78 is 11.9. The molecule has 4 rings (SSSR count). The minimum Gasteiger partial charge on any atom is -0.375 e. The Bertz CT molecular complexity index is 667.